The molecule has 0 saturated heterocycles. The summed E-state index contributed by atoms with van der Waals surface area (Å²) in [5, 5.41) is 0. The summed E-state index contributed by atoms with van der Waals surface area (Å²) in [4.78, 5) is 5.67. The zero-order chi connectivity index (χ0) is 15.6. The molecule has 21 heavy (non-hydrogen) atoms. The van der Waals surface area contributed by atoms with E-state index in [0.29, 0.717) is 6.54 Å². The first-order chi connectivity index (χ1) is 10.2. The van der Waals surface area contributed by atoms with Crippen LogP contribution in [0.15, 0.2) is 30.3 Å². The van der Waals surface area contributed by atoms with Gasteiger partial charge in [-0.1, -0.05) is 18.2 Å². The van der Waals surface area contributed by atoms with Crippen molar-refractivity contribution in [1.82, 2.24) is 0 Å². The Bertz CT molecular complexity index is 424. The summed E-state index contributed by atoms with van der Waals surface area (Å²) in [5.41, 5.74) is 1.14. The second kappa shape index (κ2) is 9.53. The number of hydrogen-bond donors (Lipinski definition) is 0. The lowest BCUT2D eigenvalue weighted by molar-refractivity contribution is 0.123. The van der Waals surface area contributed by atoms with Gasteiger partial charge in [-0.3, -0.25) is 0 Å². The first-order valence-corrected chi connectivity index (χ1v) is 8.93. The summed E-state index contributed by atoms with van der Waals surface area (Å²) < 4.78 is 16.3. The molecule has 0 aliphatic heterocycles. The van der Waals surface area contributed by atoms with E-state index in [2.05, 4.69) is 21.9 Å². The monoisotopic (exact) mass is 308 g/mol. The fraction of sp³-hybridized carbons (Fsp3) is 0.533. The van der Waals surface area contributed by atoms with Crippen molar-refractivity contribution in [2.24, 2.45) is 0 Å². The highest BCUT2D eigenvalue weighted by Gasteiger charge is 2.37. The van der Waals surface area contributed by atoms with Crippen LogP contribution in [-0.2, 0) is 13.3 Å². The first-order valence-electron chi connectivity index (χ1n) is 7.00. The maximum absolute atomic E-state index is 6.97. The van der Waals surface area contributed by atoms with Gasteiger partial charge in [0.05, 0.1) is 6.54 Å². The third kappa shape index (κ3) is 5.48. The fourth-order valence-electron chi connectivity index (χ4n) is 2.22. The Morgan fingerprint density at radius 2 is 1.67 bits per heavy atom. The van der Waals surface area contributed by atoms with Crippen LogP contribution in [0.5, 0.6) is 0 Å². The average molecular weight is 308 g/mol. The van der Waals surface area contributed by atoms with Crippen molar-refractivity contribution in [1.29, 1.82) is 0 Å². The number of rotatable bonds is 10. The Balaban J connectivity index is 2.60. The Kier molecular flexibility index (Phi) is 8.01. The molecule has 0 saturated carbocycles. The molecule has 0 fully saturated rings. The molecular weight excluding hydrogens is 284 g/mol. The lowest BCUT2D eigenvalue weighted by atomic mass is 10.2. The Hall–Kier alpha value is -1.39. The molecule has 5 nitrogen and oxygen atoms in total. The van der Waals surface area contributed by atoms with E-state index in [1.807, 2.05) is 18.2 Å². The van der Waals surface area contributed by atoms with Gasteiger partial charge in [-0.15, -0.1) is 0 Å². The van der Waals surface area contributed by atoms with E-state index in [1.165, 1.54) is 0 Å². The Labute approximate surface area is 128 Å². The van der Waals surface area contributed by atoms with Crippen molar-refractivity contribution in [3.8, 4) is 0 Å². The van der Waals surface area contributed by atoms with Crippen LogP contribution in [0.1, 0.15) is 6.42 Å². The van der Waals surface area contributed by atoms with Crippen LogP contribution in [0.2, 0.25) is 6.04 Å². The van der Waals surface area contributed by atoms with E-state index < -0.39 is 8.80 Å². The summed E-state index contributed by atoms with van der Waals surface area (Å²) in [5.74, 6) is 0. The van der Waals surface area contributed by atoms with Crippen molar-refractivity contribution in [3.63, 3.8) is 0 Å². The summed E-state index contributed by atoms with van der Waals surface area (Å²) >= 11 is 0. The molecule has 1 aromatic carbocycles. The normalized spacial score (nSPS) is 11.1. The second-order valence-corrected chi connectivity index (χ2v) is 7.69. The molecule has 0 amide bonds. The van der Waals surface area contributed by atoms with E-state index in [-0.39, 0.29) is 0 Å². The molecule has 116 valence electrons. The van der Waals surface area contributed by atoms with Crippen molar-refractivity contribution in [2.75, 3.05) is 45.9 Å². The van der Waals surface area contributed by atoms with Crippen LogP contribution in [0.25, 0.3) is 4.85 Å². The molecule has 1 rings (SSSR count). The van der Waals surface area contributed by atoms with Crippen molar-refractivity contribution in [3.05, 3.63) is 41.7 Å². The minimum atomic E-state index is -2.50. The number of para-hydroxylation sites is 1. The minimum Gasteiger partial charge on any atom is -0.377 e. The largest absolute Gasteiger partial charge is 0.500 e. The molecule has 0 spiro atoms. The second-order valence-electron chi connectivity index (χ2n) is 4.60. The SMILES string of the molecule is [C-]#[N+]CCN(CCC[Si](OC)(OC)OC)c1ccccc1. The average Bonchev–Trinajstić information content (AvgIpc) is 2.56. The van der Waals surface area contributed by atoms with Gasteiger partial charge in [0.2, 0.25) is 6.54 Å². The molecule has 0 heterocycles. The summed E-state index contributed by atoms with van der Waals surface area (Å²) in [6, 6.07) is 10.9. The maximum Gasteiger partial charge on any atom is 0.500 e. The van der Waals surface area contributed by atoms with Crippen LogP contribution in [0.3, 0.4) is 0 Å². The molecule has 0 aliphatic rings. The van der Waals surface area contributed by atoms with E-state index in [1.54, 1.807) is 21.3 Å². The zero-order valence-corrected chi connectivity index (χ0v) is 14.0. The van der Waals surface area contributed by atoms with Gasteiger partial charge in [-0.2, -0.15) is 0 Å². The molecule has 0 aromatic heterocycles. The van der Waals surface area contributed by atoms with Gasteiger partial charge >= 0.3 is 8.80 Å². The molecule has 0 aliphatic carbocycles. The van der Waals surface area contributed by atoms with Gasteiger partial charge in [0.25, 0.3) is 0 Å². The van der Waals surface area contributed by atoms with Crippen molar-refractivity contribution < 1.29 is 13.3 Å². The van der Waals surface area contributed by atoms with Gasteiger partial charge in [0, 0.05) is 39.6 Å². The van der Waals surface area contributed by atoms with Gasteiger partial charge < -0.3 is 23.0 Å². The van der Waals surface area contributed by atoms with Crippen LogP contribution in [0.4, 0.5) is 5.69 Å². The fourth-order valence-corrected chi connectivity index (χ4v) is 3.93. The van der Waals surface area contributed by atoms with Gasteiger partial charge in [0.15, 0.2) is 0 Å². The highest BCUT2D eigenvalue weighted by Crippen LogP contribution is 2.18. The quantitative estimate of drug-likeness (QED) is 0.492. The summed E-state index contributed by atoms with van der Waals surface area (Å²) in [6.45, 7) is 9.05. The van der Waals surface area contributed by atoms with Crippen molar-refractivity contribution in [2.45, 2.75) is 12.5 Å². The predicted molar refractivity (Wildman–Crippen MR) is 86.3 cm³/mol. The molecule has 0 atom stereocenters. The lowest BCUT2D eigenvalue weighted by Gasteiger charge is -2.27. The van der Waals surface area contributed by atoms with Gasteiger partial charge in [0.1, 0.15) is 0 Å². The third-order valence-electron chi connectivity index (χ3n) is 3.45. The van der Waals surface area contributed by atoms with Crippen LogP contribution < -0.4 is 4.90 Å². The topological polar surface area (TPSA) is 35.3 Å². The third-order valence-corrected chi connectivity index (χ3v) is 6.28. The predicted octanol–water partition coefficient (Wildman–Crippen LogP) is 2.68. The molecule has 0 unspecified atom stereocenters. The van der Waals surface area contributed by atoms with Crippen LogP contribution in [-0.4, -0.2) is 49.8 Å². The molecule has 6 heteroatoms. The zero-order valence-electron chi connectivity index (χ0n) is 13.0. The van der Waals surface area contributed by atoms with E-state index in [9.17, 15) is 0 Å². The van der Waals surface area contributed by atoms with Crippen molar-refractivity contribution >= 4 is 14.5 Å². The Morgan fingerprint density at radius 3 is 2.19 bits per heavy atom. The number of benzene rings is 1. The van der Waals surface area contributed by atoms with E-state index in [4.69, 9.17) is 19.9 Å². The maximum atomic E-state index is 6.97. The van der Waals surface area contributed by atoms with E-state index >= 15 is 0 Å². The molecule has 0 N–H and O–H groups in total. The lowest BCUT2D eigenvalue weighted by Crippen LogP contribution is -2.43. The highest BCUT2D eigenvalue weighted by molar-refractivity contribution is 6.60. The molecular formula is C15H24N2O3Si. The number of nitrogens with zero attached hydrogens (tertiary/aromatic N) is 2. The molecule has 0 radical (unpaired) electrons. The number of hydrogen-bond acceptors (Lipinski definition) is 4. The number of anilines is 1. The van der Waals surface area contributed by atoms with E-state index in [0.717, 1.165) is 31.2 Å². The first kappa shape index (κ1) is 17.7. The van der Waals surface area contributed by atoms with Gasteiger partial charge in [-0.25, -0.2) is 6.57 Å². The summed E-state index contributed by atoms with van der Waals surface area (Å²) in [6.07, 6.45) is 0.897. The standard InChI is InChI=1S/C15H24N2O3Si/c1-16-11-13-17(15-9-6-5-7-10-15)12-8-14-21(18-2,19-3)20-4/h5-7,9-10H,8,11-14H2,2-4H3. The van der Waals surface area contributed by atoms with Crippen LogP contribution >= 0.6 is 0 Å². The molecule has 1 aromatic rings. The van der Waals surface area contributed by atoms with Crippen LogP contribution in [0, 0.1) is 6.57 Å². The highest BCUT2D eigenvalue weighted by atomic mass is 28.4. The van der Waals surface area contributed by atoms with Gasteiger partial charge in [-0.05, 0) is 18.6 Å². The smallest absolute Gasteiger partial charge is 0.377 e. The minimum absolute atomic E-state index is 0.496. The Morgan fingerprint density at radius 1 is 1.05 bits per heavy atom. The molecule has 0 bridgehead atoms. The summed E-state index contributed by atoms with van der Waals surface area (Å²) in [7, 11) is 2.39.